The van der Waals surface area contributed by atoms with E-state index in [0.717, 1.165) is 16.8 Å². The number of oxime groups is 1. The Kier molecular flexibility index (Phi) is 5.17. The van der Waals surface area contributed by atoms with Crippen LogP contribution in [0.1, 0.15) is 16.7 Å². The highest BCUT2D eigenvalue weighted by Crippen LogP contribution is 2.17. The Morgan fingerprint density at radius 1 is 1.24 bits per heavy atom. The van der Waals surface area contributed by atoms with Crippen molar-refractivity contribution in [2.75, 3.05) is 12.4 Å². The van der Waals surface area contributed by atoms with Gasteiger partial charge in [-0.2, -0.15) is 0 Å². The highest BCUT2D eigenvalue weighted by molar-refractivity contribution is 5.97. The monoisotopic (exact) mass is 285 g/mol. The Bertz CT molecular complexity index is 626. The first kappa shape index (κ1) is 14.9. The summed E-state index contributed by atoms with van der Waals surface area (Å²) in [5.41, 5.74) is 9.48. The molecule has 5 heteroatoms. The zero-order chi connectivity index (χ0) is 15.1. The van der Waals surface area contributed by atoms with Gasteiger partial charge in [0.25, 0.3) is 0 Å². The molecule has 2 rings (SSSR count). The number of hydrogen-bond acceptors (Lipinski definition) is 4. The summed E-state index contributed by atoms with van der Waals surface area (Å²) in [6, 6.07) is 15.6. The highest BCUT2D eigenvalue weighted by atomic mass is 16.5. The van der Waals surface area contributed by atoms with Gasteiger partial charge in [0.15, 0.2) is 5.84 Å². The number of nitrogens with one attached hydrogen (secondary N) is 1. The largest absolute Gasteiger partial charge is 0.409 e. The summed E-state index contributed by atoms with van der Waals surface area (Å²) < 4.78 is 5.19. The minimum absolute atomic E-state index is 0.108. The van der Waals surface area contributed by atoms with Gasteiger partial charge < -0.3 is 21.0 Å². The lowest BCUT2D eigenvalue weighted by atomic mass is 10.1. The standard InChI is InChI=1S/C16H19N3O2/c1-21-11-14-6-2-3-8-15(14)18-10-12-5-4-7-13(9-12)16(17)19-20/h2-9,18,20H,10-11H2,1H3,(H2,17,19). The predicted molar refractivity (Wildman–Crippen MR) is 83.4 cm³/mol. The zero-order valence-corrected chi connectivity index (χ0v) is 11.9. The third-order valence-electron chi connectivity index (χ3n) is 3.13. The Balaban J connectivity index is 2.10. The van der Waals surface area contributed by atoms with Crippen LogP contribution in [-0.4, -0.2) is 18.2 Å². The first-order valence-corrected chi connectivity index (χ1v) is 6.62. The minimum atomic E-state index is 0.108. The molecule has 2 aromatic rings. The van der Waals surface area contributed by atoms with E-state index < -0.39 is 0 Å². The number of anilines is 1. The van der Waals surface area contributed by atoms with Gasteiger partial charge in [0.05, 0.1) is 6.61 Å². The van der Waals surface area contributed by atoms with Crippen LogP contribution < -0.4 is 11.1 Å². The Hall–Kier alpha value is -2.53. The number of hydrogen-bond donors (Lipinski definition) is 3. The van der Waals surface area contributed by atoms with Crippen LogP contribution in [0, 0.1) is 0 Å². The fourth-order valence-corrected chi connectivity index (χ4v) is 2.07. The van der Waals surface area contributed by atoms with E-state index in [2.05, 4.69) is 10.5 Å². The molecule has 110 valence electrons. The van der Waals surface area contributed by atoms with Gasteiger partial charge in [0.2, 0.25) is 0 Å². The summed E-state index contributed by atoms with van der Waals surface area (Å²) in [5, 5.41) is 15.1. The predicted octanol–water partition coefficient (Wildman–Crippen LogP) is 2.54. The van der Waals surface area contributed by atoms with Crippen LogP contribution in [0.15, 0.2) is 53.7 Å². The second-order valence-corrected chi connectivity index (χ2v) is 4.63. The molecule has 0 saturated carbocycles. The van der Waals surface area contributed by atoms with Gasteiger partial charge in [-0.1, -0.05) is 41.6 Å². The maximum Gasteiger partial charge on any atom is 0.170 e. The van der Waals surface area contributed by atoms with Crippen molar-refractivity contribution in [1.29, 1.82) is 0 Å². The van der Waals surface area contributed by atoms with E-state index in [0.29, 0.717) is 18.7 Å². The molecule has 2 aromatic carbocycles. The van der Waals surface area contributed by atoms with Crippen LogP contribution in [0.3, 0.4) is 0 Å². The van der Waals surface area contributed by atoms with Gasteiger partial charge in [-0.3, -0.25) is 0 Å². The van der Waals surface area contributed by atoms with Crippen LogP contribution in [0.4, 0.5) is 5.69 Å². The lowest BCUT2D eigenvalue weighted by molar-refractivity contribution is 0.185. The van der Waals surface area contributed by atoms with Gasteiger partial charge in [0.1, 0.15) is 0 Å². The zero-order valence-electron chi connectivity index (χ0n) is 11.9. The quantitative estimate of drug-likeness (QED) is 0.330. The van der Waals surface area contributed by atoms with Crippen LogP contribution in [0.2, 0.25) is 0 Å². The minimum Gasteiger partial charge on any atom is -0.409 e. The molecule has 0 spiro atoms. The van der Waals surface area contributed by atoms with Crippen molar-refractivity contribution in [1.82, 2.24) is 0 Å². The number of ether oxygens (including phenoxy) is 1. The van der Waals surface area contributed by atoms with Gasteiger partial charge in [-0.15, -0.1) is 0 Å². The Morgan fingerprint density at radius 3 is 2.81 bits per heavy atom. The van der Waals surface area contributed by atoms with Crippen LogP contribution in [0.5, 0.6) is 0 Å². The van der Waals surface area contributed by atoms with E-state index in [1.807, 2.05) is 42.5 Å². The van der Waals surface area contributed by atoms with E-state index in [4.69, 9.17) is 15.7 Å². The molecule has 0 aliphatic carbocycles. The van der Waals surface area contributed by atoms with Gasteiger partial charge in [0, 0.05) is 30.5 Å². The van der Waals surface area contributed by atoms with Crippen molar-refractivity contribution in [3.05, 3.63) is 65.2 Å². The maximum atomic E-state index is 8.72. The second-order valence-electron chi connectivity index (χ2n) is 4.63. The Labute approximate surface area is 124 Å². The number of benzene rings is 2. The summed E-state index contributed by atoms with van der Waals surface area (Å²) in [6.45, 7) is 1.21. The molecule has 0 fully saturated rings. The van der Waals surface area contributed by atoms with Crippen LogP contribution >= 0.6 is 0 Å². The third kappa shape index (κ3) is 3.97. The van der Waals surface area contributed by atoms with Crippen molar-refractivity contribution in [3.63, 3.8) is 0 Å². The van der Waals surface area contributed by atoms with Gasteiger partial charge >= 0.3 is 0 Å². The fourth-order valence-electron chi connectivity index (χ4n) is 2.07. The molecule has 21 heavy (non-hydrogen) atoms. The van der Waals surface area contributed by atoms with Crippen molar-refractivity contribution < 1.29 is 9.94 Å². The SMILES string of the molecule is COCc1ccccc1NCc1cccc(C(N)=NO)c1. The molecular weight excluding hydrogens is 266 g/mol. The molecule has 4 N–H and O–H groups in total. The van der Waals surface area contributed by atoms with E-state index >= 15 is 0 Å². The number of methoxy groups -OCH3 is 1. The molecule has 0 atom stereocenters. The number of rotatable bonds is 6. The molecule has 0 saturated heterocycles. The second kappa shape index (κ2) is 7.31. The summed E-state index contributed by atoms with van der Waals surface area (Å²) in [5.74, 6) is 0.108. The smallest absolute Gasteiger partial charge is 0.170 e. The topological polar surface area (TPSA) is 79.9 Å². The molecule has 0 radical (unpaired) electrons. The first-order valence-electron chi connectivity index (χ1n) is 6.62. The molecule has 5 nitrogen and oxygen atoms in total. The summed E-state index contributed by atoms with van der Waals surface area (Å²) in [4.78, 5) is 0. The summed E-state index contributed by atoms with van der Waals surface area (Å²) in [6.07, 6.45) is 0. The van der Waals surface area contributed by atoms with Crippen molar-refractivity contribution in [2.24, 2.45) is 10.9 Å². The van der Waals surface area contributed by atoms with E-state index in [1.165, 1.54) is 0 Å². The summed E-state index contributed by atoms with van der Waals surface area (Å²) in [7, 11) is 1.68. The first-order chi connectivity index (χ1) is 10.2. The normalized spacial score (nSPS) is 11.4. The molecule has 0 aromatic heterocycles. The van der Waals surface area contributed by atoms with E-state index in [1.54, 1.807) is 13.2 Å². The number of amidine groups is 1. The molecule has 0 heterocycles. The van der Waals surface area contributed by atoms with Crippen LogP contribution in [0.25, 0.3) is 0 Å². The average Bonchev–Trinajstić information content (AvgIpc) is 2.54. The van der Waals surface area contributed by atoms with Crippen LogP contribution in [-0.2, 0) is 17.9 Å². The van der Waals surface area contributed by atoms with E-state index in [9.17, 15) is 0 Å². The third-order valence-corrected chi connectivity index (χ3v) is 3.13. The van der Waals surface area contributed by atoms with Crippen molar-refractivity contribution in [3.8, 4) is 0 Å². The van der Waals surface area contributed by atoms with Crippen molar-refractivity contribution in [2.45, 2.75) is 13.2 Å². The fraction of sp³-hybridized carbons (Fsp3) is 0.188. The molecule has 0 amide bonds. The molecule has 0 aliphatic rings. The molecule has 0 unspecified atom stereocenters. The highest BCUT2D eigenvalue weighted by Gasteiger charge is 2.03. The molecule has 0 aliphatic heterocycles. The Morgan fingerprint density at radius 2 is 2.05 bits per heavy atom. The number of nitrogens with zero attached hydrogens (tertiary/aromatic N) is 1. The van der Waals surface area contributed by atoms with Crippen molar-refractivity contribution >= 4 is 11.5 Å². The van der Waals surface area contributed by atoms with Gasteiger partial charge in [-0.05, 0) is 17.7 Å². The lowest BCUT2D eigenvalue weighted by Crippen LogP contribution is -2.13. The number of nitrogens with two attached hydrogens (primary N) is 1. The lowest BCUT2D eigenvalue weighted by Gasteiger charge is -2.12. The average molecular weight is 285 g/mol. The summed E-state index contributed by atoms with van der Waals surface area (Å²) >= 11 is 0. The van der Waals surface area contributed by atoms with Gasteiger partial charge in [-0.25, -0.2) is 0 Å². The molecule has 0 bridgehead atoms. The maximum absolute atomic E-state index is 8.72. The number of para-hydroxylation sites is 1. The van der Waals surface area contributed by atoms with E-state index in [-0.39, 0.29) is 5.84 Å². The molecular formula is C16H19N3O2.